The Morgan fingerprint density at radius 3 is 1.58 bits per heavy atom. The second-order valence-corrected chi connectivity index (χ2v) is 17.5. The molecule has 10 nitrogen and oxygen atoms in total. The first-order chi connectivity index (χ1) is 22.0. The minimum absolute atomic E-state index is 0.0253. The third-order valence-corrected chi connectivity index (χ3v) is 8.04. The lowest BCUT2D eigenvalue weighted by molar-refractivity contribution is -0.129. The number of nitrogens with one attached hydrogen (secondary N) is 4. The van der Waals surface area contributed by atoms with Gasteiger partial charge in [-0.3, -0.25) is 29.2 Å². The molecule has 4 N–H and O–H groups in total. The van der Waals surface area contributed by atoms with Gasteiger partial charge < -0.3 is 21.3 Å². The average Bonchev–Trinajstić information content (AvgIpc) is 3.68. The second-order valence-electron chi connectivity index (χ2n) is 17.5. The van der Waals surface area contributed by atoms with Crippen LogP contribution in [-0.4, -0.2) is 84.1 Å². The summed E-state index contributed by atoms with van der Waals surface area (Å²) >= 11 is 0. The maximum absolute atomic E-state index is 12.6. The third-order valence-electron chi connectivity index (χ3n) is 8.04. The van der Waals surface area contributed by atoms with Crippen LogP contribution >= 0.6 is 0 Å². The fourth-order valence-electron chi connectivity index (χ4n) is 5.64. The van der Waals surface area contributed by atoms with E-state index in [1.165, 1.54) is 0 Å². The van der Waals surface area contributed by atoms with Crippen LogP contribution in [0.3, 0.4) is 0 Å². The molecule has 0 radical (unpaired) electrons. The summed E-state index contributed by atoms with van der Waals surface area (Å²) in [6.45, 7) is 26.4. The van der Waals surface area contributed by atoms with E-state index in [0.29, 0.717) is 18.8 Å². The van der Waals surface area contributed by atoms with Crippen molar-refractivity contribution >= 4 is 35.3 Å². The summed E-state index contributed by atoms with van der Waals surface area (Å²) in [6, 6.07) is -0.470. The number of hydrogen-bond acceptors (Lipinski definition) is 8. The van der Waals surface area contributed by atoms with E-state index in [-0.39, 0.29) is 63.4 Å². The second kappa shape index (κ2) is 19.7. The first-order valence-corrected chi connectivity index (χ1v) is 18.3. The fourth-order valence-corrected chi connectivity index (χ4v) is 5.64. The van der Waals surface area contributed by atoms with E-state index in [1.807, 2.05) is 47.8 Å². The molecule has 0 aromatic carbocycles. The van der Waals surface area contributed by atoms with E-state index in [0.717, 1.165) is 70.8 Å². The SMILES string of the molecule is CC(C)(C)NC(CCCCNC(=O)C1=NCCC1)C(=O)C(C)(C)C.CC(C)(C)NC(CCCCNC(=O)C1CCC=N1)C(=O)C(C)(C)C. The quantitative estimate of drug-likeness (QED) is 0.154. The highest BCUT2D eigenvalue weighted by Gasteiger charge is 2.32. The fraction of sp³-hybridized carbons (Fsp3) is 0.842. The monoisotopic (exact) mass is 675 g/mol. The van der Waals surface area contributed by atoms with Crippen LogP contribution in [0.4, 0.5) is 0 Å². The third kappa shape index (κ3) is 18.3. The molecule has 3 atom stereocenters. The minimum Gasteiger partial charge on any atom is -0.354 e. The van der Waals surface area contributed by atoms with Crippen molar-refractivity contribution in [3.05, 3.63) is 0 Å². The summed E-state index contributed by atoms with van der Waals surface area (Å²) in [5.74, 6) is 0.505. The highest BCUT2D eigenvalue weighted by Crippen LogP contribution is 2.22. The molecule has 2 aliphatic heterocycles. The lowest BCUT2D eigenvalue weighted by Crippen LogP contribution is -2.50. The Morgan fingerprint density at radius 1 is 0.729 bits per heavy atom. The van der Waals surface area contributed by atoms with Crippen LogP contribution in [0.2, 0.25) is 0 Å². The molecule has 0 saturated carbocycles. The van der Waals surface area contributed by atoms with Gasteiger partial charge in [-0.25, -0.2) is 0 Å². The normalized spacial score (nSPS) is 18.0. The van der Waals surface area contributed by atoms with E-state index >= 15 is 0 Å². The van der Waals surface area contributed by atoms with Gasteiger partial charge in [0.1, 0.15) is 6.04 Å². The molecule has 2 amide bonds. The first kappa shape index (κ1) is 43.6. The predicted molar refractivity (Wildman–Crippen MR) is 199 cm³/mol. The summed E-state index contributed by atoms with van der Waals surface area (Å²) in [5, 5.41) is 12.8. The summed E-state index contributed by atoms with van der Waals surface area (Å²) < 4.78 is 0. The van der Waals surface area contributed by atoms with Crippen molar-refractivity contribution in [2.75, 3.05) is 19.6 Å². The number of amides is 2. The Labute approximate surface area is 292 Å². The van der Waals surface area contributed by atoms with Gasteiger partial charge in [0.2, 0.25) is 5.91 Å². The summed E-state index contributed by atoms with van der Waals surface area (Å²) in [4.78, 5) is 57.4. The Hall–Kier alpha value is -2.46. The molecule has 0 bridgehead atoms. The Bertz CT molecular complexity index is 1100. The summed E-state index contributed by atoms with van der Waals surface area (Å²) in [7, 11) is 0. The number of carbonyl (C=O) groups excluding carboxylic acids is 4. The van der Waals surface area contributed by atoms with Crippen molar-refractivity contribution in [1.29, 1.82) is 0 Å². The van der Waals surface area contributed by atoms with E-state index in [9.17, 15) is 19.2 Å². The average molecular weight is 675 g/mol. The molecular weight excluding hydrogens is 604 g/mol. The molecule has 0 spiro atoms. The summed E-state index contributed by atoms with van der Waals surface area (Å²) in [6.07, 6.45) is 10.5. The van der Waals surface area contributed by atoms with E-state index < -0.39 is 0 Å². The number of nitrogens with zero attached hydrogens (tertiary/aromatic N) is 2. The molecule has 0 aromatic rings. The Balaban J connectivity index is 0.000000480. The van der Waals surface area contributed by atoms with Gasteiger partial charge in [0.05, 0.1) is 17.8 Å². The molecular formula is C38H70N6O4. The lowest BCUT2D eigenvalue weighted by Gasteiger charge is -2.32. The predicted octanol–water partition coefficient (Wildman–Crippen LogP) is 5.76. The number of Topliss-reactive ketones (excluding diaryl/α,β-unsaturated/α-hetero) is 2. The molecule has 2 heterocycles. The van der Waals surface area contributed by atoms with Crippen LogP contribution in [0.15, 0.2) is 9.98 Å². The first-order valence-electron chi connectivity index (χ1n) is 18.3. The van der Waals surface area contributed by atoms with Crippen molar-refractivity contribution < 1.29 is 19.2 Å². The van der Waals surface area contributed by atoms with Crippen LogP contribution < -0.4 is 21.3 Å². The van der Waals surface area contributed by atoms with Gasteiger partial charge >= 0.3 is 0 Å². The van der Waals surface area contributed by atoms with Crippen molar-refractivity contribution in [2.45, 2.75) is 176 Å². The Kier molecular flexibility index (Phi) is 17.8. The van der Waals surface area contributed by atoms with Gasteiger partial charge in [0, 0.05) is 41.5 Å². The van der Waals surface area contributed by atoms with E-state index in [2.05, 4.69) is 72.8 Å². The van der Waals surface area contributed by atoms with Gasteiger partial charge in [-0.2, -0.15) is 0 Å². The van der Waals surface area contributed by atoms with Crippen LogP contribution in [0.5, 0.6) is 0 Å². The van der Waals surface area contributed by atoms with Gasteiger partial charge in [0.15, 0.2) is 11.6 Å². The van der Waals surface area contributed by atoms with E-state index in [1.54, 1.807) is 0 Å². The van der Waals surface area contributed by atoms with Crippen LogP contribution in [-0.2, 0) is 19.2 Å². The van der Waals surface area contributed by atoms with Crippen molar-refractivity contribution in [3.8, 4) is 0 Å². The zero-order valence-corrected chi connectivity index (χ0v) is 32.5. The van der Waals surface area contributed by atoms with Gasteiger partial charge in [-0.15, -0.1) is 0 Å². The minimum atomic E-state index is -0.350. The van der Waals surface area contributed by atoms with Gasteiger partial charge in [-0.1, -0.05) is 41.5 Å². The van der Waals surface area contributed by atoms with Crippen molar-refractivity contribution in [3.63, 3.8) is 0 Å². The molecule has 276 valence electrons. The number of hydrogen-bond donors (Lipinski definition) is 4. The molecule has 0 aromatic heterocycles. The van der Waals surface area contributed by atoms with Crippen LogP contribution in [0, 0.1) is 10.8 Å². The van der Waals surface area contributed by atoms with Gasteiger partial charge in [-0.05, 0) is 112 Å². The maximum atomic E-state index is 12.6. The van der Waals surface area contributed by atoms with Gasteiger partial charge in [0.25, 0.3) is 5.91 Å². The van der Waals surface area contributed by atoms with Crippen LogP contribution in [0.1, 0.15) is 147 Å². The molecule has 3 unspecified atom stereocenters. The highest BCUT2D eigenvalue weighted by molar-refractivity contribution is 6.39. The standard InChI is InChI=1S/2C19H35N3O2/c2*1-18(2,3)16(23)14(22-19(4,5)6)10-7-8-12-21-17(24)15-11-9-13-20-15/h14,22H,7-13H2,1-6H3,(H,21,24);13-15,22H,7-12H2,1-6H3,(H,21,24). The maximum Gasteiger partial charge on any atom is 0.265 e. The molecule has 2 aliphatic rings. The van der Waals surface area contributed by atoms with Crippen molar-refractivity contribution in [2.24, 2.45) is 20.8 Å². The smallest absolute Gasteiger partial charge is 0.265 e. The molecule has 48 heavy (non-hydrogen) atoms. The summed E-state index contributed by atoms with van der Waals surface area (Å²) in [5.41, 5.74) is -0.207. The molecule has 0 fully saturated rings. The number of unbranched alkanes of at least 4 members (excludes halogenated alkanes) is 2. The van der Waals surface area contributed by atoms with Crippen molar-refractivity contribution in [1.82, 2.24) is 21.3 Å². The lowest BCUT2D eigenvalue weighted by atomic mass is 9.84. The largest absolute Gasteiger partial charge is 0.354 e. The zero-order valence-electron chi connectivity index (χ0n) is 32.5. The molecule has 0 saturated heterocycles. The zero-order chi connectivity index (χ0) is 36.8. The number of ketones is 2. The number of carbonyl (C=O) groups is 4. The highest BCUT2D eigenvalue weighted by atomic mass is 16.2. The number of aliphatic imine (C=N–C) groups is 2. The van der Waals surface area contributed by atoms with Crippen LogP contribution in [0.25, 0.3) is 0 Å². The Morgan fingerprint density at radius 2 is 1.21 bits per heavy atom. The molecule has 2 rings (SSSR count). The molecule has 10 heteroatoms. The topological polar surface area (TPSA) is 141 Å². The number of rotatable bonds is 16. The molecule has 0 aliphatic carbocycles. The van der Waals surface area contributed by atoms with E-state index in [4.69, 9.17) is 0 Å².